The minimum absolute atomic E-state index is 0.181. The van der Waals surface area contributed by atoms with Gasteiger partial charge >= 0.3 is 0 Å². The summed E-state index contributed by atoms with van der Waals surface area (Å²) in [5, 5.41) is 3.61. The molecule has 0 aromatic heterocycles. The highest BCUT2D eigenvalue weighted by Gasteiger charge is 2.21. The first kappa shape index (κ1) is 16.8. The highest BCUT2D eigenvalue weighted by Crippen LogP contribution is 2.18. The molecular weight excluding hydrogens is 278 g/mol. The van der Waals surface area contributed by atoms with E-state index in [-0.39, 0.29) is 5.91 Å². The molecule has 1 fully saturated rings. The SMILES string of the molecule is COc1ccccc1CNC1CCN(CC(=O)N(C)C)CC1. The predicted octanol–water partition coefficient (Wildman–Crippen LogP) is 1.34. The van der Waals surface area contributed by atoms with Gasteiger partial charge in [-0.1, -0.05) is 18.2 Å². The van der Waals surface area contributed by atoms with E-state index in [2.05, 4.69) is 16.3 Å². The number of amides is 1. The van der Waals surface area contributed by atoms with Crippen LogP contribution >= 0.6 is 0 Å². The fourth-order valence-corrected chi connectivity index (χ4v) is 2.73. The van der Waals surface area contributed by atoms with Gasteiger partial charge in [-0.05, 0) is 18.9 Å². The summed E-state index contributed by atoms with van der Waals surface area (Å²) in [7, 11) is 5.33. The summed E-state index contributed by atoms with van der Waals surface area (Å²) in [5.41, 5.74) is 1.19. The molecule has 1 aliphatic heterocycles. The quantitative estimate of drug-likeness (QED) is 0.861. The van der Waals surface area contributed by atoms with Crippen LogP contribution in [0.1, 0.15) is 18.4 Å². The molecule has 5 heteroatoms. The lowest BCUT2D eigenvalue weighted by Gasteiger charge is -2.32. The van der Waals surface area contributed by atoms with Crippen LogP contribution in [-0.4, -0.2) is 62.6 Å². The molecule has 1 saturated heterocycles. The molecule has 0 bridgehead atoms. The Hall–Kier alpha value is -1.59. The van der Waals surface area contributed by atoms with E-state index in [9.17, 15) is 4.79 Å². The first-order valence-electron chi connectivity index (χ1n) is 7.88. The number of methoxy groups -OCH3 is 1. The summed E-state index contributed by atoms with van der Waals surface area (Å²) in [6.45, 7) is 3.31. The highest BCUT2D eigenvalue weighted by molar-refractivity contribution is 5.77. The molecule has 1 N–H and O–H groups in total. The smallest absolute Gasteiger partial charge is 0.236 e. The molecule has 1 aromatic carbocycles. The van der Waals surface area contributed by atoms with Gasteiger partial charge in [-0.2, -0.15) is 0 Å². The summed E-state index contributed by atoms with van der Waals surface area (Å²) in [5.74, 6) is 1.12. The number of nitrogens with one attached hydrogen (secondary N) is 1. The monoisotopic (exact) mass is 305 g/mol. The summed E-state index contributed by atoms with van der Waals surface area (Å²) in [4.78, 5) is 15.6. The standard InChI is InChI=1S/C17H27N3O2/c1-19(2)17(21)13-20-10-8-15(9-11-20)18-12-14-6-4-5-7-16(14)22-3/h4-7,15,18H,8-13H2,1-3H3. The van der Waals surface area contributed by atoms with Gasteiger partial charge in [-0.25, -0.2) is 0 Å². The predicted molar refractivity (Wildman–Crippen MR) is 88.0 cm³/mol. The Morgan fingerprint density at radius 3 is 2.64 bits per heavy atom. The molecule has 0 atom stereocenters. The number of likely N-dealkylation sites (N-methyl/N-ethyl adjacent to an activating group) is 1. The average molecular weight is 305 g/mol. The Morgan fingerprint density at radius 1 is 1.32 bits per heavy atom. The Morgan fingerprint density at radius 2 is 2.00 bits per heavy atom. The van der Waals surface area contributed by atoms with Crippen LogP contribution in [0.3, 0.4) is 0 Å². The molecule has 22 heavy (non-hydrogen) atoms. The van der Waals surface area contributed by atoms with E-state index < -0.39 is 0 Å². The van der Waals surface area contributed by atoms with E-state index in [0.717, 1.165) is 38.2 Å². The number of piperidine rings is 1. The van der Waals surface area contributed by atoms with Crippen LogP contribution in [0, 0.1) is 0 Å². The zero-order valence-electron chi connectivity index (χ0n) is 13.8. The lowest BCUT2D eigenvalue weighted by Crippen LogP contribution is -2.45. The fourth-order valence-electron chi connectivity index (χ4n) is 2.73. The molecule has 2 rings (SSSR count). The van der Waals surface area contributed by atoms with E-state index in [4.69, 9.17) is 4.74 Å². The summed E-state index contributed by atoms with van der Waals surface area (Å²) in [6, 6.07) is 8.62. The molecule has 1 aliphatic rings. The highest BCUT2D eigenvalue weighted by atomic mass is 16.5. The maximum Gasteiger partial charge on any atom is 0.236 e. The third kappa shape index (κ3) is 4.71. The first-order valence-corrected chi connectivity index (χ1v) is 7.88. The Kier molecular flexibility index (Phi) is 6.21. The second-order valence-corrected chi connectivity index (χ2v) is 6.03. The van der Waals surface area contributed by atoms with Crippen molar-refractivity contribution in [2.45, 2.75) is 25.4 Å². The number of rotatable bonds is 6. The minimum Gasteiger partial charge on any atom is -0.496 e. The number of hydrogen-bond donors (Lipinski definition) is 1. The third-order valence-corrected chi connectivity index (χ3v) is 4.22. The van der Waals surface area contributed by atoms with E-state index in [1.807, 2.05) is 32.3 Å². The molecule has 1 heterocycles. The van der Waals surface area contributed by atoms with Crippen LogP contribution < -0.4 is 10.1 Å². The van der Waals surface area contributed by atoms with Crippen molar-refractivity contribution in [1.29, 1.82) is 0 Å². The van der Waals surface area contributed by atoms with Gasteiger partial charge in [-0.3, -0.25) is 9.69 Å². The van der Waals surface area contributed by atoms with Crippen LogP contribution in [0.4, 0.5) is 0 Å². The van der Waals surface area contributed by atoms with Crippen molar-refractivity contribution in [3.63, 3.8) is 0 Å². The van der Waals surface area contributed by atoms with Crippen molar-refractivity contribution < 1.29 is 9.53 Å². The largest absolute Gasteiger partial charge is 0.496 e. The average Bonchev–Trinajstić information content (AvgIpc) is 2.54. The van der Waals surface area contributed by atoms with Crippen LogP contribution in [-0.2, 0) is 11.3 Å². The van der Waals surface area contributed by atoms with Gasteiger partial charge in [-0.15, -0.1) is 0 Å². The Balaban J connectivity index is 1.75. The number of ether oxygens (including phenoxy) is 1. The van der Waals surface area contributed by atoms with Crippen LogP contribution in [0.2, 0.25) is 0 Å². The molecule has 122 valence electrons. The van der Waals surface area contributed by atoms with Gasteiger partial charge in [0, 0.05) is 45.3 Å². The molecule has 1 amide bonds. The Labute approximate surface area is 133 Å². The summed E-state index contributed by atoms with van der Waals surface area (Å²) < 4.78 is 5.38. The van der Waals surface area contributed by atoms with Crippen molar-refractivity contribution in [2.24, 2.45) is 0 Å². The van der Waals surface area contributed by atoms with E-state index in [0.29, 0.717) is 12.6 Å². The molecule has 0 unspecified atom stereocenters. The summed E-state index contributed by atoms with van der Waals surface area (Å²) >= 11 is 0. The molecule has 1 aromatic rings. The maximum atomic E-state index is 11.7. The number of likely N-dealkylation sites (tertiary alicyclic amines) is 1. The third-order valence-electron chi connectivity index (χ3n) is 4.22. The van der Waals surface area contributed by atoms with Crippen molar-refractivity contribution in [3.05, 3.63) is 29.8 Å². The lowest BCUT2D eigenvalue weighted by atomic mass is 10.0. The van der Waals surface area contributed by atoms with Crippen LogP contribution in [0.5, 0.6) is 5.75 Å². The molecule has 0 spiro atoms. The molecule has 0 radical (unpaired) electrons. The Bertz CT molecular complexity index is 483. The zero-order valence-corrected chi connectivity index (χ0v) is 13.8. The van der Waals surface area contributed by atoms with Gasteiger partial charge in [0.15, 0.2) is 0 Å². The number of hydrogen-bond acceptors (Lipinski definition) is 4. The van der Waals surface area contributed by atoms with E-state index in [1.54, 1.807) is 12.0 Å². The van der Waals surface area contributed by atoms with E-state index in [1.165, 1.54) is 5.56 Å². The summed E-state index contributed by atoms with van der Waals surface area (Å²) in [6.07, 6.45) is 2.16. The molecular formula is C17H27N3O2. The molecule has 5 nitrogen and oxygen atoms in total. The van der Waals surface area contributed by atoms with Crippen molar-refractivity contribution in [3.8, 4) is 5.75 Å². The second-order valence-electron chi connectivity index (χ2n) is 6.03. The van der Waals surface area contributed by atoms with Gasteiger partial charge in [0.2, 0.25) is 5.91 Å². The van der Waals surface area contributed by atoms with Gasteiger partial charge in [0.05, 0.1) is 13.7 Å². The van der Waals surface area contributed by atoms with E-state index >= 15 is 0 Å². The lowest BCUT2D eigenvalue weighted by molar-refractivity contribution is -0.130. The fraction of sp³-hybridized carbons (Fsp3) is 0.588. The van der Waals surface area contributed by atoms with Crippen LogP contribution in [0.15, 0.2) is 24.3 Å². The van der Waals surface area contributed by atoms with Gasteiger partial charge in [0.1, 0.15) is 5.75 Å². The number of para-hydroxylation sites is 1. The number of carbonyl (C=O) groups is 1. The normalized spacial score (nSPS) is 16.5. The topological polar surface area (TPSA) is 44.8 Å². The maximum absolute atomic E-state index is 11.7. The number of nitrogens with zero attached hydrogens (tertiary/aromatic N) is 2. The van der Waals surface area contributed by atoms with Crippen LogP contribution in [0.25, 0.3) is 0 Å². The van der Waals surface area contributed by atoms with Crippen molar-refractivity contribution >= 4 is 5.91 Å². The van der Waals surface area contributed by atoms with Crippen molar-refractivity contribution in [2.75, 3.05) is 40.8 Å². The van der Waals surface area contributed by atoms with Gasteiger partial charge in [0.25, 0.3) is 0 Å². The molecule has 0 aliphatic carbocycles. The minimum atomic E-state index is 0.181. The second kappa shape index (κ2) is 8.15. The van der Waals surface area contributed by atoms with Gasteiger partial charge < -0.3 is 15.0 Å². The van der Waals surface area contributed by atoms with Crippen molar-refractivity contribution in [1.82, 2.24) is 15.1 Å². The molecule has 0 saturated carbocycles. The first-order chi connectivity index (χ1) is 10.6. The number of benzene rings is 1. The zero-order chi connectivity index (χ0) is 15.9. The number of carbonyl (C=O) groups excluding carboxylic acids is 1.